The molecule has 3 aromatic carbocycles. The van der Waals surface area contributed by atoms with E-state index in [4.69, 9.17) is 4.74 Å². The van der Waals surface area contributed by atoms with Gasteiger partial charge in [-0.15, -0.1) is 0 Å². The Hall–Kier alpha value is -3.54. The van der Waals surface area contributed by atoms with Crippen LogP contribution < -0.4 is 10.2 Å². The van der Waals surface area contributed by atoms with Gasteiger partial charge in [-0.25, -0.2) is 5.43 Å². The fourth-order valence-corrected chi connectivity index (χ4v) is 2.44. The molecule has 0 heterocycles. The summed E-state index contributed by atoms with van der Waals surface area (Å²) in [5.74, 6) is -0.283. The van der Waals surface area contributed by atoms with E-state index in [1.807, 2.05) is 12.1 Å². The molecule has 0 bridgehead atoms. The van der Waals surface area contributed by atoms with Crippen LogP contribution in [0.25, 0.3) is 10.8 Å². The van der Waals surface area contributed by atoms with E-state index < -0.39 is 5.91 Å². The summed E-state index contributed by atoms with van der Waals surface area (Å²) < 4.78 is 5.01. The van der Waals surface area contributed by atoms with Gasteiger partial charge in [-0.1, -0.05) is 30.3 Å². The molecule has 0 saturated heterocycles. The molecule has 0 radical (unpaired) electrons. The molecule has 6 nitrogen and oxygen atoms in total. The number of benzene rings is 3. The molecule has 0 unspecified atom stereocenters. The molecule has 0 fully saturated rings. The quantitative estimate of drug-likeness (QED) is 0.504. The van der Waals surface area contributed by atoms with E-state index in [9.17, 15) is 15.0 Å². The number of rotatable bonds is 4. The van der Waals surface area contributed by atoms with Gasteiger partial charge in [0.15, 0.2) is 11.5 Å². The predicted octanol–water partition coefficient (Wildman–Crippen LogP) is 3.02. The van der Waals surface area contributed by atoms with Crippen LogP contribution in [-0.2, 0) is 0 Å². The zero-order chi connectivity index (χ0) is 17.8. The fourth-order valence-electron chi connectivity index (χ4n) is 2.44. The molecule has 0 aromatic heterocycles. The summed E-state index contributed by atoms with van der Waals surface area (Å²) in [6.07, 6.45) is 1.41. The summed E-state index contributed by atoms with van der Waals surface area (Å²) in [6.45, 7) is 0. The van der Waals surface area contributed by atoms with Gasteiger partial charge in [-0.3, -0.25) is 4.79 Å². The standard InChI is InChI=1S/C19H16N2O4/c1-25-17-10-12(6-9-16(17)22)11-20-21-19(24)15-8-7-13-4-2-3-5-14(13)18(15)23/h2-11,22-23H,1H3,(H,21,24)/b20-11-. The third-order valence-electron chi connectivity index (χ3n) is 3.73. The van der Waals surface area contributed by atoms with Gasteiger partial charge in [0.25, 0.3) is 5.91 Å². The van der Waals surface area contributed by atoms with Gasteiger partial charge in [0.05, 0.1) is 18.9 Å². The zero-order valence-corrected chi connectivity index (χ0v) is 13.4. The van der Waals surface area contributed by atoms with Crippen molar-refractivity contribution in [1.82, 2.24) is 5.43 Å². The first-order chi connectivity index (χ1) is 12.1. The van der Waals surface area contributed by atoms with Crippen LogP contribution in [0.1, 0.15) is 15.9 Å². The smallest absolute Gasteiger partial charge is 0.275 e. The summed E-state index contributed by atoms with van der Waals surface area (Å²) in [5, 5.41) is 25.1. The maximum Gasteiger partial charge on any atom is 0.275 e. The van der Waals surface area contributed by atoms with E-state index >= 15 is 0 Å². The Morgan fingerprint density at radius 1 is 1.12 bits per heavy atom. The van der Waals surface area contributed by atoms with Gasteiger partial charge in [0.1, 0.15) is 5.75 Å². The molecule has 3 rings (SSSR count). The third kappa shape index (κ3) is 3.37. The molecule has 0 aliphatic rings. The second kappa shape index (κ2) is 6.92. The highest BCUT2D eigenvalue weighted by molar-refractivity contribution is 6.03. The van der Waals surface area contributed by atoms with Gasteiger partial charge in [0, 0.05) is 5.39 Å². The van der Waals surface area contributed by atoms with Crippen molar-refractivity contribution in [1.29, 1.82) is 0 Å². The molecule has 1 amide bonds. The number of amides is 1. The van der Waals surface area contributed by atoms with E-state index in [0.717, 1.165) is 5.39 Å². The van der Waals surface area contributed by atoms with Crippen molar-refractivity contribution in [3.63, 3.8) is 0 Å². The van der Waals surface area contributed by atoms with Gasteiger partial charge in [-0.05, 0) is 35.2 Å². The lowest BCUT2D eigenvalue weighted by Crippen LogP contribution is -2.17. The highest BCUT2D eigenvalue weighted by Crippen LogP contribution is 2.28. The fraction of sp³-hybridized carbons (Fsp3) is 0.0526. The number of hydrogen-bond donors (Lipinski definition) is 3. The number of ether oxygens (including phenoxy) is 1. The van der Waals surface area contributed by atoms with Crippen LogP contribution in [0.5, 0.6) is 17.2 Å². The van der Waals surface area contributed by atoms with E-state index in [2.05, 4.69) is 10.5 Å². The second-order valence-electron chi connectivity index (χ2n) is 5.31. The molecule has 0 saturated carbocycles. The zero-order valence-electron chi connectivity index (χ0n) is 13.4. The number of aromatic hydroxyl groups is 2. The van der Waals surface area contributed by atoms with Crippen LogP contribution in [-0.4, -0.2) is 29.4 Å². The topological polar surface area (TPSA) is 91.2 Å². The van der Waals surface area contributed by atoms with Crippen molar-refractivity contribution >= 4 is 22.9 Å². The molecule has 0 aliphatic heterocycles. The van der Waals surface area contributed by atoms with E-state index in [0.29, 0.717) is 16.7 Å². The number of methoxy groups -OCH3 is 1. The number of hydrazone groups is 1. The van der Waals surface area contributed by atoms with Crippen molar-refractivity contribution < 1.29 is 19.7 Å². The SMILES string of the molecule is COc1cc(/C=N\NC(=O)c2ccc3ccccc3c2O)ccc1O. The Bertz CT molecular complexity index is 967. The number of nitrogens with one attached hydrogen (secondary N) is 1. The summed E-state index contributed by atoms with van der Waals surface area (Å²) in [5.41, 5.74) is 3.15. The molecule has 6 heteroatoms. The Kier molecular flexibility index (Phi) is 4.52. The molecule has 3 N–H and O–H groups in total. The van der Waals surface area contributed by atoms with Crippen LogP contribution in [0, 0.1) is 0 Å². The maximum absolute atomic E-state index is 12.2. The largest absolute Gasteiger partial charge is 0.506 e. The number of fused-ring (bicyclic) bond motifs is 1. The first-order valence-corrected chi connectivity index (χ1v) is 7.51. The lowest BCUT2D eigenvalue weighted by Gasteiger charge is -2.06. The molecular weight excluding hydrogens is 320 g/mol. The monoisotopic (exact) mass is 336 g/mol. The maximum atomic E-state index is 12.2. The number of phenols is 2. The Balaban J connectivity index is 1.78. The second-order valence-corrected chi connectivity index (χ2v) is 5.31. The number of carbonyl (C=O) groups is 1. The minimum atomic E-state index is -0.523. The van der Waals surface area contributed by atoms with Crippen LogP contribution in [0.3, 0.4) is 0 Å². The summed E-state index contributed by atoms with van der Waals surface area (Å²) in [7, 11) is 1.44. The van der Waals surface area contributed by atoms with Crippen LogP contribution in [0.15, 0.2) is 59.7 Å². The number of phenolic OH excluding ortho intramolecular Hbond substituents is 2. The van der Waals surface area contributed by atoms with E-state index in [-0.39, 0.29) is 17.1 Å². The van der Waals surface area contributed by atoms with Gasteiger partial charge in [-0.2, -0.15) is 5.10 Å². The van der Waals surface area contributed by atoms with Crippen molar-refractivity contribution in [3.8, 4) is 17.2 Å². The van der Waals surface area contributed by atoms with Gasteiger partial charge >= 0.3 is 0 Å². The molecule has 126 valence electrons. The van der Waals surface area contributed by atoms with Crippen molar-refractivity contribution in [3.05, 3.63) is 65.7 Å². The average molecular weight is 336 g/mol. The molecule has 0 aliphatic carbocycles. The minimum absolute atomic E-state index is 0.0183. The normalized spacial score (nSPS) is 10.9. The van der Waals surface area contributed by atoms with Crippen molar-refractivity contribution in [2.45, 2.75) is 0 Å². The minimum Gasteiger partial charge on any atom is -0.506 e. The average Bonchev–Trinajstić information content (AvgIpc) is 2.63. The molecule has 0 spiro atoms. The summed E-state index contributed by atoms with van der Waals surface area (Å²) in [4.78, 5) is 12.2. The predicted molar refractivity (Wildman–Crippen MR) is 95.3 cm³/mol. The lowest BCUT2D eigenvalue weighted by molar-refractivity contribution is 0.0952. The summed E-state index contributed by atoms with van der Waals surface area (Å²) in [6, 6.07) is 15.2. The number of carbonyl (C=O) groups excluding carboxylic acids is 1. The first kappa shape index (κ1) is 16.3. The third-order valence-corrected chi connectivity index (χ3v) is 3.73. The molecule has 25 heavy (non-hydrogen) atoms. The Morgan fingerprint density at radius 3 is 2.72 bits per heavy atom. The first-order valence-electron chi connectivity index (χ1n) is 7.51. The van der Waals surface area contributed by atoms with Crippen LogP contribution in [0.4, 0.5) is 0 Å². The van der Waals surface area contributed by atoms with Crippen LogP contribution in [0.2, 0.25) is 0 Å². The van der Waals surface area contributed by atoms with Gasteiger partial charge in [0.2, 0.25) is 0 Å². The Labute approximate surface area is 144 Å². The highest BCUT2D eigenvalue weighted by atomic mass is 16.5. The number of nitrogens with zero attached hydrogens (tertiary/aromatic N) is 1. The van der Waals surface area contributed by atoms with E-state index in [1.165, 1.54) is 19.4 Å². The molecular formula is C19H16N2O4. The van der Waals surface area contributed by atoms with Gasteiger partial charge < -0.3 is 14.9 Å². The summed E-state index contributed by atoms with van der Waals surface area (Å²) >= 11 is 0. The Morgan fingerprint density at radius 2 is 1.92 bits per heavy atom. The lowest BCUT2D eigenvalue weighted by atomic mass is 10.1. The van der Waals surface area contributed by atoms with Crippen molar-refractivity contribution in [2.75, 3.05) is 7.11 Å². The molecule has 0 atom stereocenters. The number of hydrogen-bond acceptors (Lipinski definition) is 5. The van der Waals surface area contributed by atoms with E-state index in [1.54, 1.807) is 36.4 Å². The van der Waals surface area contributed by atoms with Crippen LogP contribution >= 0.6 is 0 Å². The highest BCUT2D eigenvalue weighted by Gasteiger charge is 2.13. The molecule has 3 aromatic rings. The van der Waals surface area contributed by atoms with Crippen molar-refractivity contribution in [2.24, 2.45) is 5.10 Å².